The quantitative estimate of drug-likeness (QED) is 0.522. The van der Waals surface area contributed by atoms with Crippen molar-refractivity contribution in [1.82, 2.24) is 10.1 Å². The molecule has 1 heterocycles. The number of rotatable bonds is 5. The van der Waals surface area contributed by atoms with Gasteiger partial charge in [-0.25, -0.2) is 4.98 Å². The van der Waals surface area contributed by atoms with Crippen LogP contribution in [0.1, 0.15) is 5.56 Å². The lowest BCUT2D eigenvalue weighted by Crippen LogP contribution is -2.23. The number of aromatic nitrogens is 3. The number of anilines is 1. The highest BCUT2D eigenvalue weighted by Gasteiger charge is 2.17. The molecule has 0 spiro atoms. The van der Waals surface area contributed by atoms with Crippen molar-refractivity contribution in [3.63, 3.8) is 0 Å². The molecule has 140 valence electrons. The van der Waals surface area contributed by atoms with E-state index in [1.54, 1.807) is 19.2 Å². The van der Waals surface area contributed by atoms with E-state index in [0.717, 1.165) is 22.4 Å². The molecule has 0 radical (unpaired) electrons. The summed E-state index contributed by atoms with van der Waals surface area (Å²) in [6.07, 6.45) is 0. The molecule has 3 aromatic carbocycles. The van der Waals surface area contributed by atoms with Gasteiger partial charge in [0, 0.05) is 17.7 Å². The Balaban J connectivity index is 1.72. The van der Waals surface area contributed by atoms with Crippen LogP contribution in [0.4, 0.5) is 5.95 Å². The van der Waals surface area contributed by atoms with E-state index < -0.39 is 0 Å². The van der Waals surface area contributed by atoms with Crippen molar-refractivity contribution in [3.05, 3.63) is 77.2 Å². The Morgan fingerprint density at radius 1 is 1.07 bits per heavy atom. The molecular formula is C21H19N4O3+. The molecule has 7 heteroatoms. The minimum atomic E-state index is 0.0358. The molecule has 0 unspecified atom stereocenters. The lowest BCUT2D eigenvalue weighted by molar-refractivity contribution is -0.534. The normalized spacial score (nSPS) is 10.8. The molecular weight excluding hydrogens is 356 g/mol. The zero-order valence-electron chi connectivity index (χ0n) is 15.3. The molecule has 4 aromatic rings. The molecule has 4 rings (SSSR count). The zero-order chi connectivity index (χ0) is 19.5. The summed E-state index contributed by atoms with van der Waals surface area (Å²) in [5.74, 6) is 1.35. The summed E-state index contributed by atoms with van der Waals surface area (Å²) < 4.78 is 12.0. The fourth-order valence-corrected chi connectivity index (χ4v) is 3.02. The van der Waals surface area contributed by atoms with Crippen molar-refractivity contribution in [2.24, 2.45) is 0 Å². The van der Waals surface area contributed by atoms with Gasteiger partial charge in [0.15, 0.2) is 10.1 Å². The van der Waals surface area contributed by atoms with Crippen LogP contribution in [0.25, 0.3) is 22.2 Å². The lowest BCUT2D eigenvalue weighted by Gasteiger charge is -2.11. The van der Waals surface area contributed by atoms with Gasteiger partial charge in [0.25, 0.3) is 5.95 Å². The van der Waals surface area contributed by atoms with Gasteiger partial charge in [-0.2, -0.15) is 0 Å². The largest absolute Gasteiger partial charge is 0.496 e. The van der Waals surface area contributed by atoms with Gasteiger partial charge in [-0.1, -0.05) is 47.6 Å². The number of hydrogen-bond donors (Lipinski definition) is 2. The number of fused-ring (bicyclic) bond motifs is 1. The Labute approximate surface area is 161 Å². The fraction of sp³-hybridized carbons (Fsp3) is 0.0952. The molecule has 0 aliphatic carbocycles. The second-order valence-corrected chi connectivity index (χ2v) is 6.25. The van der Waals surface area contributed by atoms with Crippen LogP contribution in [-0.2, 0) is 6.61 Å². The van der Waals surface area contributed by atoms with E-state index in [9.17, 15) is 4.91 Å². The first-order valence-corrected chi connectivity index (χ1v) is 8.71. The van der Waals surface area contributed by atoms with Crippen LogP contribution < -0.4 is 19.7 Å². The first-order valence-electron chi connectivity index (χ1n) is 8.71. The predicted molar refractivity (Wildman–Crippen MR) is 107 cm³/mol. The van der Waals surface area contributed by atoms with Crippen molar-refractivity contribution in [2.75, 3.05) is 12.8 Å². The number of benzene rings is 3. The topological polar surface area (TPSA) is 96.1 Å². The van der Waals surface area contributed by atoms with E-state index in [2.05, 4.69) is 10.1 Å². The molecule has 0 atom stereocenters. The average molecular weight is 375 g/mol. The summed E-state index contributed by atoms with van der Waals surface area (Å²) >= 11 is 0. The molecule has 28 heavy (non-hydrogen) atoms. The van der Waals surface area contributed by atoms with Gasteiger partial charge in [0.05, 0.1) is 12.0 Å². The highest BCUT2D eigenvalue weighted by molar-refractivity contribution is 5.84. The minimum Gasteiger partial charge on any atom is -0.496 e. The van der Waals surface area contributed by atoms with Gasteiger partial charge in [0.2, 0.25) is 0 Å². The Bertz CT molecular complexity index is 1190. The third kappa shape index (κ3) is 3.50. The number of hydrogen-bond acceptors (Lipinski definition) is 5. The summed E-state index contributed by atoms with van der Waals surface area (Å²) in [5, 5.41) is 2.44. The van der Waals surface area contributed by atoms with E-state index in [4.69, 9.17) is 15.2 Å². The summed E-state index contributed by atoms with van der Waals surface area (Å²) in [6, 6.07) is 21.0. The fourth-order valence-electron chi connectivity index (χ4n) is 3.02. The number of H-pyrrole nitrogens is 1. The maximum atomic E-state index is 12.2. The van der Waals surface area contributed by atoms with Gasteiger partial charge < -0.3 is 15.2 Å². The maximum Gasteiger partial charge on any atom is 0.318 e. The number of ether oxygens (including phenoxy) is 2. The SMILES string of the molecule is COc1cc2nc(N)[nH][n+](=O)c2cc1-c1cccc(OCc2ccccc2)c1. The molecule has 0 bridgehead atoms. The molecule has 0 amide bonds. The van der Waals surface area contributed by atoms with Crippen molar-refractivity contribution in [1.29, 1.82) is 0 Å². The lowest BCUT2D eigenvalue weighted by atomic mass is 10.0. The van der Waals surface area contributed by atoms with E-state index >= 15 is 0 Å². The second-order valence-electron chi connectivity index (χ2n) is 6.25. The monoisotopic (exact) mass is 375 g/mol. The van der Waals surface area contributed by atoms with Crippen LogP contribution in [0, 0.1) is 4.91 Å². The van der Waals surface area contributed by atoms with Crippen molar-refractivity contribution in [2.45, 2.75) is 6.61 Å². The standard InChI is InChI=1S/C21H19N4O3/c1-27-20-12-18-19(25(26)24-21(22)23-18)11-17(20)15-8-5-9-16(10-15)28-13-14-6-3-2-4-7-14/h2-12H,13H2,1H3,(H3,22,23,24,26)/q+1. The highest BCUT2D eigenvalue weighted by Crippen LogP contribution is 2.34. The van der Waals surface area contributed by atoms with Gasteiger partial charge >= 0.3 is 5.52 Å². The molecule has 0 aliphatic rings. The third-order valence-corrected chi connectivity index (χ3v) is 4.37. The van der Waals surface area contributed by atoms with Crippen LogP contribution in [0.15, 0.2) is 66.7 Å². The number of nitrogens with zero attached hydrogens (tertiary/aromatic N) is 2. The first-order chi connectivity index (χ1) is 13.6. The van der Waals surface area contributed by atoms with E-state index in [1.807, 2.05) is 54.6 Å². The molecule has 3 N–H and O–H groups in total. The van der Waals surface area contributed by atoms with Crippen molar-refractivity contribution < 1.29 is 14.0 Å². The van der Waals surface area contributed by atoms with E-state index in [0.29, 0.717) is 27.9 Å². The molecule has 1 aromatic heterocycles. The summed E-state index contributed by atoms with van der Waals surface area (Å²) in [4.78, 5) is 16.3. The number of nitrogens with one attached hydrogen (secondary N) is 1. The average Bonchev–Trinajstić information content (AvgIpc) is 2.72. The Hall–Kier alpha value is -3.87. The zero-order valence-corrected chi connectivity index (χ0v) is 15.3. The maximum absolute atomic E-state index is 12.2. The number of nitrogen functional groups attached to an aromatic ring is 1. The third-order valence-electron chi connectivity index (χ3n) is 4.37. The summed E-state index contributed by atoms with van der Waals surface area (Å²) in [6.45, 7) is 0.470. The van der Waals surface area contributed by atoms with Crippen molar-refractivity contribution in [3.8, 4) is 22.6 Å². The number of methoxy groups -OCH3 is 1. The van der Waals surface area contributed by atoms with Gasteiger partial charge in [-0.3, -0.25) is 0 Å². The van der Waals surface area contributed by atoms with Gasteiger partial charge in [-0.15, -0.1) is 0 Å². The van der Waals surface area contributed by atoms with Crippen molar-refractivity contribution >= 4 is 17.0 Å². The van der Waals surface area contributed by atoms with Crippen LogP contribution in [0.5, 0.6) is 11.5 Å². The molecule has 0 fully saturated rings. The predicted octanol–water partition coefficient (Wildman–Crippen LogP) is 3.31. The minimum absolute atomic E-state index is 0.0358. The molecule has 0 aliphatic heterocycles. The Morgan fingerprint density at radius 2 is 1.89 bits per heavy atom. The van der Waals surface area contributed by atoms with Gasteiger partial charge in [0.1, 0.15) is 18.1 Å². The van der Waals surface area contributed by atoms with Gasteiger partial charge in [-0.05, 0) is 23.3 Å². The molecule has 0 saturated carbocycles. The first kappa shape index (κ1) is 17.5. The van der Waals surface area contributed by atoms with Crippen LogP contribution in [-0.4, -0.2) is 17.2 Å². The Morgan fingerprint density at radius 3 is 2.68 bits per heavy atom. The molecule has 0 saturated heterocycles. The smallest absolute Gasteiger partial charge is 0.318 e. The van der Waals surface area contributed by atoms with Crippen LogP contribution in [0.2, 0.25) is 0 Å². The molecule has 7 nitrogen and oxygen atoms in total. The van der Waals surface area contributed by atoms with Crippen LogP contribution in [0.3, 0.4) is 0 Å². The summed E-state index contributed by atoms with van der Waals surface area (Å²) in [5.41, 5.74) is 9.13. The van der Waals surface area contributed by atoms with E-state index in [1.165, 1.54) is 0 Å². The van der Waals surface area contributed by atoms with E-state index in [-0.39, 0.29) is 5.95 Å². The number of nitrogens with two attached hydrogens (primary N) is 1. The second kappa shape index (κ2) is 7.40. The summed E-state index contributed by atoms with van der Waals surface area (Å²) in [7, 11) is 1.57. The number of aromatic amines is 1. The highest BCUT2D eigenvalue weighted by atomic mass is 16.5. The Kier molecular flexibility index (Phi) is 4.63. The van der Waals surface area contributed by atoms with Crippen LogP contribution >= 0.6 is 0 Å².